The van der Waals surface area contributed by atoms with E-state index in [4.69, 9.17) is 19.2 Å². The van der Waals surface area contributed by atoms with Crippen LogP contribution in [0, 0.1) is 19.7 Å². The zero-order valence-electron chi connectivity index (χ0n) is 24.6. The number of rotatable bonds is 10. The number of halogens is 1. The van der Waals surface area contributed by atoms with Gasteiger partial charge in [0.15, 0.2) is 0 Å². The minimum atomic E-state index is -0.250. The van der Waals surface area contributed by atoms with Gasteiger partial charge in [-0.3, -0.25) is 9.78 Å². The quantitative estimate of drug-likeness (QED) is 0.265. The molecule has 0 amide bonds. The van der Waals surface area contributed by atoms with Crippen LogP contribution in [0.3, 0.4) is 0 Å². The first-order valence-electron chi connectivity index (χ1n) is 14.1. The molecule has 1 aliphatic rings. The Bertz CT molecular complexity index is 1300. The molecular formula is C33H41FN2O4. The van der Waals surface area contributed by atoms with Crippen molar-refractivity contribution in [2.45, 2.75) is 72.0 Å². The number of esters is 1. The van der Waals surface area contributed by atoms with E-state index in [0.29, 0.717) is 13.0 Å². The number of methoxy groups -OCH3 is 1. The summed E-state index contributed by atoms with van der Waals surface area (Å²) in [6.45, 7) is 12.0. The van der Waals surface area contributed by atoms with Crippen LogP contribution in [-0.4, -0.2) is 49.5 Å². The number of hydrogen-bond donors (Lipinski definition) is 0. The summed E-state index contributed by atoms with van der Waals surface area (Å²) in [5, 5.41) is 0. The van der Waals surface area contributed by atoms with Crippen LogP contribution in [0.5, 0.6) is 5.75 Å². The van der Waals surface area contributed by atoms with Gasteiger partial charge in [-0.2, -0.15) is 0 Å². The molecule has 0 unspecified atom stereocenters. The van der Waals surface area contributed by atoms with Crippen LogP contribution in [0.1, 0.15) is 56.1 Å². The first kappa shape index (κ1) is 29.5. The second-order valence-electron chi connectivity index (χ2n) is 11.1. The molecule has 40 heavy (non-hydrogen) atoms. The molecule has 214 valence electrons. The summed E-state index contributed by atoms with van der Waals surface area (Å²) in [5.41, 5.74) is 6.63. The maximum Gasteiger partial charge on any atom is 0.310 e. The van der Waals surface area contributed by atoms with Crippen LogP contribution in [0.4, 0.5) is 10.1 Å². The summed E-state index contributed by atoms with van der Waals surface area (Å²) in [7, 11) is 1.78. The van der Waals surface area contributed by atoms with Gasteiger partial charge in [-0.1, -0.05) is 24.3 Å². The first-order chi connectivity index (χ1) is 19.1. The van der Waals surface area contributed by atoms with Crippen molar-refractivity contribution in [2.24, 2.45) is 0 Å². The van der Waals surface area contributed by atoms with E-state index in [9.17, 15) is 9.18 Å². The minimum Gasteiger partial charge on any atom is -0.493 e. The van der Waals surface area contributed by atoms with E-state index in [2.05, 4.69) is 24.0 Å². The van der Waals surface area contributed by atoms with Crippen LogP contribution in [0.2, 0.25) is 0 Å². The van der Waals surface area contributed by atoms with Gasteiger partial charge < -0.3 is 19.1 Å². The fourth-order valence-corrected chi connectivity index (χ4v) is 5.29. The molecule has 7 heteroatoms. The molecule has 0 bridgehead atoms. The van der Waals surface area contributed by atoms with Gasteiger partial charge in [0.25, 0.3) is 0 Å². The fraction of sp³-hybridized carbons (Fsp3) is 0.455. The molecule has 2 aromatic carbocycles. The molecule has 1 aromatic heterocycles. The highest BCUT2D eigenvalue weighted by Gasteiger charge is 2.33. The van der Waals surface area contributed by atoms with Gasteiger partial charge in [0.1, 0.15) is 11.6 Å². The van der Waals surface area contributed by atoms with E-state index < -0.39 is 0 Å². The van der Waals surface area contributed by atoms with Crippen LogP contribution in [0.25, 0.3) is 11.1 Å². The summed E-state index contributed by atoms with van der Waals surface area (Å²) < 4.78 is 30.5. The molecule has 1 aliphatic heterocycles. The van der Waals surface area contributed by atoms with Crippen molar-refractivity contribution < 1.29 is 23.4 Å². The zero-order valence-corrected chi connectivity index (χ0v) is 24.6. The Kier molecular flexibility index (Phi) is 9.46. The number of benzene rings is 2. The van der Waals surface area contributed by atoms with Gasteiger partial charge in [0, 0.05) is 49.1 Å². The second kappa shape index (κ2) is 12.8. The molecular weight excluding hydrogens is 507 g/mol. The lowest BCUT2D eigenvalue weighted by Crippen LogP contribution is -2.44. The molecule has 0 N–H and O–H groups in total. The van der Waals surface area contributed by atoms with Crippen LogP contribution >= 0.6 is 0 Å². The maximum atomic E-state index is 13.2. The van der Waals surface area contributed by atoms with Crippen LogP contribution in [0.15, 0.2) is 48.5 Å². The lowest BCUT2D eigenvalue weighted by Gasteiger charge is -2.41. The molecule has 0 atom stereocenters. The number of pyridine rings is 1. The second-order valence-corrected chi connectivity index (χ2v) is 11.1. The fourth-order valence-electron chi connectivity index (χ4n) is 5.29. The normalized spacial score (nSPS) is 14.8. The molecule has 1 saturated heterocycles. The Morgan fingerprint density at radius 1 is 1.02 bits per heavy atom. The molecule has 4 rings (SSSR count). The Balaban J connectivity index is 1.63. The summed E-state index contributed by atoms with van der Waals surface area (Å²) in [6.07, 6.45) is 2.46. The highest BCUT2D eigenvalue weighted by atomic mass is 19.1. The molecule has 0 spiro atoms. The van der Waals surface area contributed by atoms with E-state index in [1.54, 1.807) is 19.2 Å². The summed E-state index contributed by atoms with van der Waals surface area (Å²) in [4.78, 5) is 20.1. The predicted octanol–water partition coefficient (Wildman–Crippen LogP) is 6.63. The topological polar surface area (TPSA) is 60.9 Å². The van der Waals surface area contributed by atoms with Crippen LogP contribution < -0.4 is 9.64 Å². The third-order valence-electron chi connectivity index (χ3n) is 7.69. The maximum absolute atomic E-state index is 13.2. The highest BCUT2D eigenvalue weighted by Crippen LogP contribution is 2.41. The Morgan fingerprint density at radius 3 is 2.27 bits per heavy atom. The lowest BCUT2D eigenvalue weighted by atomic mass is 9.90. The van der Waals surface area contributed by atoms with Crippen molar-refractivity contribution in [3.8, 4) is 16.9 Å². The molecule has 0 radical (unpaired) electrons. The van der Waals surface area contributed by atoms with E-state index in [1.807, 2.05) is 39.8 Å². The average molecular weight is 549 g/mol. The van der Waals surface area contributed by atoms with Crippen molar-refractivity contribution in [1.29, 1.82) is 0 Å². The van der Waals surface area contributed by atoms with E-state index in [1.165, 1.54) is 12.1 Å². The van der Waals surface area contributed by atoms with Crippen molar-refractivity contribution >= 4 is 11.7 Å². The third kappa shape index (κ3) is 7.19. The number of carbonyl (C=O) groups is 1. The third-order valence-corrected chi connectivity index (χ3v) is 7.69. The SMILES string of the molecule is COC1(C)CCN(c2c(CC(=O)OC(C)C)c(C)nc(C)c2-c2ccc(OCCc3ccc(F)cc3)cc2)CC1. The molecule has 6 nitrogen and oxygen atoms in total. The first-order valence-corrected chi connectivity index (χ1v) is 14.1. The molecule has 2 heterocycles. The number of carbonyl (C=O) groups excluding carboxylic acids is 1. The number of aryl methyl sites for hydroxylation is 2. The molecule has 1 fully saturated rings. The number of hydrogen-bond acceptors (Lipinski definition) is 6. The van der Waals surface area contributed by atoms with E-state index in [0.717, 1.165) is 71.0 Å². The Morgan fingerprint density at radius 2 is 1.68 bits per heavy atom. The molecule has 0 saturated carbocycles. The van der Waals surface area contributed by atoms with Gasteiger partial charge in [-0.15, -0.1) is 0 Å². The highest BCUT2D eigenvalue weighted by molar-refractivity contribution is 5.87. The van der Waals surface area contributed by atoms with Crippen molar-refractivity contribution in [1.82, 2.24) is 4.98 Å². The number of aromatic nitrogens is 1. The smallest absolute Gasteiger partial charge is 0.310 e. The monoisotopic (exact) mass is 548 g/mol. The van der Waals surface area contributed by atoms with Crippen molar-refractivity contribution in [2.75, 3.05) is 31.7 Å². The van der Waals surface area contributed by atoms with Gasteiger partial charge in [-0.05, 0) is 82.9 Å². The van der Waals surface area contributed by atoms with Gasteiger partial charge in [-0.25, -0.2) is 4.39 Å². The van der Waals surface area contributed by atoms with E-state index in [-0.39, 0.29) is 29.9 Å². The number of piperidine rings is 1. The summed E-state index contributed by atoms with van der Waals surface area (Å²) in [5.74, 6) is 0.275. The van der Waals surface area contributed by atoms with Crippen molar-refractivity contribution in [3.05, 3.63) is 76.9 Å². The van der Waals surface area contributed by atoms with Gasteiger partial charge in [0.2, 0.25) is 0 Å². The van der Waals surface area contributed by atoms with E-state index >= 15 is 0 Å². The number of anilines is 1. The van der Waals surface area contributed by atoms with Gasteiger partial charge >= 0.3 is 5.97 Å². The number of nitrogens with zero attached hydrogens (tertiary/aromatic N) is 2. The summed E-state index contributed by atoms with van der Waals surface area (Å²) >= 11 is 0. The van der Waals surface area contributed by atoms with Crippen LogP contribution in [-0.2, 0) is 27.1 Å². The molecule has 0 aliphatic carbocycles. The van der Waals surface area contributed by atoms with Gasteiger partial charge in [0.05, 0.1) is 30.4 Å². The Hall–Kier alpha value is -3.45. The van der Waals surface area contributed by atoms with Crippen molar-refractivity contribution in [3.63, 3.8) is 0 Å². The summed E-state index contributed by atoms with van der Waals surface area (Å²) in [6, 6.07) is 14.5. The predicted molar refractivity (Wildman–Crippen MR) is 157 cm³/mol. The number of ether oxygens (including phenoxy) is 3. The largest absolute Gasteiger partial charge is 0.493 e. The standard InChI is InChI=1S/C33H41FN2O4/c1-22(2)40-30(37)21-29-23(3)35-24(4)31(32(29)36-18-16-33(5,38-6)17-19-36)26-9-13-28(14-10-26)39-20-15-25-7-11-27(34)12-8-25/h7-14,22H,15-21H2,1-6H3. The molecule has 3 aromatic rings. The zero-order chi connectivity index (χ0) is 28.9. The minimum absolute atomic E-state index is 0.155. The lowest BCUT2D eigenvalue weighted by molar-refractivity contribution is -0.146. The average Bonchev–Trinajstić information content (AvgIpc) is 2.92. The Labute approximate surface area is 237 Å².